The summed E-state index contributed by atoms with van der Waals surface area (Å²) in [7, 11) is 0. The second kappa shape index (κ2) is 8.86. The van der Waals surface area contributed by atoms with Crippen molar-refractivity contribution in [2.24, 2.45) is 5.92 Å². The number of halogens is 1. The average molecular weight is 368 g/mol. The third-order valence-electron chi connectivity index (χ3n) is 4.00. The highest BCUT2D eigenvalue weighted by atomic mass is 35.5. The van der Waals surface area contributed by atoms with Gasteiger partial charge in [-0.15, -0.1) is 0 Å². The SMILES string of the molecule is CCCCC(CC)CN1C(=O)C(=Cc2cccc(Cl)c2)SC1=S. The van der Waals surface area contributed by atoms with Crippen LogP contribution in [-0.4, -0.2) is 21.7 Å². The van der Waals surface area contributed by atoms with Gasteiger partial charge in [0.2, 0.25) is 0 Å². The van der Waals surface area contributed by atoms with Gasteiger partial charge < -0.3 is 0 Å². The first kappa shape index (κ1) is 18.5. The first-order valence-electron chi connectivity index (χ1n) is 8.06. The van der Waals surface area contributed by atoms with E-state index in [4.69, 9.17) is 23.8 Å². The molecular formula is C18H22ClNOS2. The molecule has 0 saturated carbocycles. The lowest BCUT2D eigenvalue weighted by atomic mass is 9.99. The van der Waals surface area contributed by atoms with Crippen LogP contribution in [0.3, 0.4) is 0 Å². The molecule has 0 aromatic heterocycles. The average Bonchev–Trinajstić information content (AvgIpc) is 2.78. The lowest BCUT2D eigenvalue weighted by Gasteiger charge is -2.21. The van der Waals surface area contributed by atoms with Crippen molar-refractivity contribution >= 4 is 51.9 Å². The second-order valence-corrected chi connectivity index (χ2v) is 7.88. The second-order valence-electron chi connectivity index (χ2n) is 5.76. The van der Waals surface area contributed by atoms with Crippen LogP contribution < -0.4 is 0 Å². The van der Waals surface area contributed by atoms with Gasteiger partial charge in [-0.3, -0.25) is 9.69 Å². The van der Waals surface area contributed by atoms with E-state index >= 15 is 0 Å². The van der Waals surface area contributed by atoms with Gasteiger partial charge in [0.05, 0.1) is 4.91 Å². The van der Waals surface area contributed by atoms with E-state index in [0.717, 1.165) is 24.9 Å². The van der Waals surface area contributed by atoms with E-state index in [2.05, 4.69) is 13.8 Å². The van der Waals surface area contributed by atoms with E-state index < -0.39 is 0 Å². The fraction of sp³-hybridized carbons (Fsp3) is 0.444. The van der Waals surface area contributed by atoms with Crippen LogP contribution in [0.25, 0.3) is 6.08 Å². The molecule has 1 aliphatic heterocycles. The minimum absolute atomic E-state index is 0.0231. The van der Waals surface area contributed by atoms with E-state index in [0.29, 0.717) is 20.2 Å². The van der Waals surface area contributed by atoms with Crippen molar-refractivity contribution in [3.8, 4) is 0 Å². The molecule has 23 heavy (non-hydrogen) atoms. The van der Waals surface area contributed by atoms with E-state index in [-0.39, 0.29) is 5.91 Å². The standard InChI is InChI=1S/C18H22ClNOS2/c1-3-5-7-13(4-2)12-20-17(21)16(23-18(20)22)11-14-8-6-9-15(19)10-14/h6,8-11,13H,3-5,7,12H2,1-2H3. The summed E-state index contributed by atoms with van der Waals surface area (Å²) in [5, 5.41) is 0.667. The van der Waals surface area contributed by atoms with Gasteiger partial charge in [0.25, 0.3) is 5.91 Å². The monoisotopic (exact) mass is 367 g/mol. The first-order chi connectivity index (χ1) is 11.0. The Labute approximate surface area is 153 Å². The summed E-state index contributed by atoms with van der Waals surface area (Å²) in [4.78, 5) is 15.1. The largest absolute Gasteiger partial charge is 0.293 e. The van der Waals surface area contributed by atoms with Crippen LogP contribution in [0.4, 0.5) is 0 Å². The van der Waals surface area contributed by atoms with Crippen LogP contribution in [0.2, 0.25) is 5.02 Å². The molecule has 1 heterocycles. The van der Waals surface area contributed by atoms with Crippen molar-refractivity contribution in [2.45, 2.75) is 39.5 Å². The highest BCUT2D eigenvalue weighted by Crippen LogP contribution is 2.34. The zero-order chi connectivity index (χ0) is 16.8. The summed E-state index contributed by atoms with van der Waals surface area (Å²) < 4.78 is 0.665. The fourth-order valence-corrected chi connectivity index (χ4v) is 4.05. The molecule has 0 aliphatic carbocycles. The maximum atomic E-state index is 12.6. The van der Waals surface area contributed by atoms with Crippen LogP contribution >= 0.6 is 35.6 Å². The Morgan fingerprint density at radius 2 is 2.17 bits per heavy atom. The first-order valence-corrected chi connectivity index (χ1v) is 9.66. The Kier molecular flexibility index (Phi) is 7.12. The molecule has 2 nitrogen and oxygen atoms in total. The normalized spacial score (nSPS) is 18.0. The van der Waals surface area contributed by atoms with Gasteiger partial charge in [0.15, 0.2) is 0 Å². The van der Waals surface area contributed by atoms with Crippen LogP contribution in [0.1, 0.15) is 45.1 Å². The molecule has 1 aromatic carbocycles. The minimum atomic E-state index is 0.0231. The minimum Gasteiger partial charge on any atom is -0.293 e. The molecule has 2 rings (SSSR count). The van der Waals surface area contributed by atoms with Crippen LogP contribution in [0.5, 0.6) is 0 Å². The van der Waals surface area contributed by atoms with Crippen LogP contribution in [0, 0.1) is 5.92 Å². The number of nitrogens with zero attached hydrogens (tertiary/aromatic N) is 1. The predicted molar refractivity (Wildman–Crippen MR) is 105 cm³/mol. The number of thiocarbonyl (C=S) groups is 1. The molecule has 1 atom stereocenters. The Balaban J connectivity index is 2.10. The van der Waals surface area contributed by atoms with Gasteiger partial charge in [0.1, 0.15) is 4.32 Å². The van der Waals surface area contributed by atoms with Gasteiger partial charge in [-0.05, 0) is 36.1 Å². The molecule has 5 heteroatoms. The Morgan fingerprint density at radius 3 is 2.83 bits per heavy atom. The molecular weight excluding hydrogens is 346 g/mol. The number of unbranched alkanes of at least 4 members (excludes halogenated alkanes) is 1. The zero-order valence-electron chi connectivity index (χ0n) is 13.5. The summed E-state index contributed by atoms with van der Waals surface area (Å²) in [6.07, 6.45) is 6.48. The van der Waals surface area contributed by atoms with Crippen molar-refractivity contribution < 1.29 is 4.79 Å². The summed E-state index contributed by atoms with van der Waals surface area (Å²) in [6, 6.07) is 7.50. The maximum Gasteiger partial charge on any atom is 0.266 e. The summed E-state index contributed by atoms with van der Waals surface area (Å²) >= 11 is 12.8. The van der Waals surface area contributed by atoms with E-state index in [1.807, 2.05) is 30.3 Å². The van der Waals surface area contributed by atoms with Gasteiger partial charge >= 0.3 is 0 Å². The van der Waals surface area contributed by atoms with Crippen LogP contribution in [0.15, 0.2) is 29.2 Å². The molecule has 0 radical (unpaired) electrons. The Hall–Kier alpha value is -0.840. The van der Waals surface area contributed by atoms with Gasteiger partial charge in [-0.25, -0.2) is 0 Å². The smallest absolute Gasteiger partial charge is 0.266 e. The highest BCUT2D eigenvalue weighted by Gasteiger charge is 2.33. The molecule has 1 saturated heterocycles. The molecule has 1 unspecified atom stereocenters. The number of thioether (sulfide) groups is 1. The quantitative estimate of drug-likeness (QED) is 0.451. The molecule has 1 fully saturated rings. The molecule has 1 aliphatic rings. The molecule has 1 aromatic rings. The van der Waals surface area contributed by atoms with E-state index in [1.54, 1.807) is 4.90 Å². The number of hydrogen-bond donors (Lipinski definition) is 0. The lowest BCUT2D eigenvalue weighted by molar-refractivity contribution is -0.122. The predicted octanol–water partition coefficient (Wildman–Crippen LogP) is 5.76. The molecule has 0 bridgehead atoms. The molecule has 124 valence electrons. The van der Waals surface area contributed by atoms with Crippen molar-refractivity contribution in [3.63, 3.8) is 0 Å². The number of amides is 1. The summed E-state index contributed by atoms with van der Waals surface area (Å²) in [6.45, 7) is 5.11. The van der Waals surface area contributed by atoms with Gasteiger partial charge in [-0.1, -0.05) is 80.8 Å². The maximum absolute atomic E-state index is 12.6. The number of carbonyl (C=O) groups excluding carboxylic acids is 1. The number of rotatable bonds is 7. The van der Waals surface area contributed by atoms with Crippen molar-refractivity contribution in [2.75, 3.05) is 6.54 Å². The number of carbonyl (C=O) groups is 1. The highest BCUT2D eigenvalue weighted by molar-refractivity contribution is 8.26. The molecule has 0 N–H and O–H groups in total. The Morgan fingerprint density at radius 1 is 1.39 bits per heavy atom. The molecule has 0 spiro atoms. The summed E-state index contributed by atoms with van der Waals surface area (Å²) in [5.41, 5.74) is 0.927. The third-order valence-corrected chi connectivity index (χ3v) is 5.62. The van der Waals surface area contributed by atoms with Gasteiger partial charge in [0, 0.05) is 11.6 Å². The number of benzene rings is 1. The van der Waals surface area contributed by atoms with E-state index in [9.17, 15) is 4.79 Å². The topological polar surface area (TPSA) is 20.3 Å². The van der Waals surface area contributed by atoms with Crippen LogP contribution in [-0.2, 0) is 4.79 Å². The van der Waals surface area contributed by atoms with Crippen molar-refractivity contribution in [1.29, 1.82) is 0 Å². The van der Waals surface area contributed by atoms with Crippen molar-refractivity contribution in [3.05, 3.63) is 39.8 Å². The van der Waals surface area contributed by atoms with E-state index in [1.165, 1.54) is 24.6 Å². The van der Waals surface area contributed by atoms with Gasteiger partial charge in [-0.2, -0.15) is 0 Å². The van der Waals surface area contributed by atoms with Crippen molar-refractivity contribution in [1.82, 2.24) is 4.90 Å². The molecule has 1 amide bonds. The fourth-order valence-electron chi connectivity index (χ4n) is 2.58. The Bertz CT molecular complexity index is 615. The number of hydrogen-bond acceptors (Lipinski definition) is 3. The zero-order valence-corrected chi connectivity index (χ0v) is 15.9. The third kappa shape index (κ3) is 5.07. The lowest BCUT2D eigenvalue weighted by Crippen LogP contribution is -2.33. The summed E-state index contributed by atoms with van der Waals surface area (Å²) in [5.74, 6) is 0.540.